The summed E-state index contributed by atoms with van der Waals surface area (Å²) in [7, 11) is 0. The van der Waals surface area contributed by atoms with Crippen molar-refractivity contribution in [2.75, 3.05) is 36.4 Å². The van der Waals surface area contributed by atoms with E-state index in [0.29, 0.717) is 30.6 Å². The van der Waals surface area contributed by atoms with Gasteiger partial charge in [0.25, 0.3) is 0 Å². The van der Waals surface area contributed by atoms with Crippen LogP contribution in [0.4, 0.5) is 11.6 Å². The van der Waals surface area contributed by atoms with Crippen molar-refractivity contribution >= 4 is 29.1 Å². The van der Waals surface area contributed by atoms with Crippen LogP contribution in [0.15, 0.2) is 30.6 Å². The van der Waals surface area contributed by atoms with Gasteiger partial charge in [-0.15, -0.1) is 0 Å². The van der Waals surface area contributed by atoms with Gasteiger partial charge in [0.15, 0.2) is 0 Å². The Balaban J connectivity index is 1.36. The number of hydrogen-bond acceptors (Lipinski definition) is 6. The third kappa shape index (κ3) is 4.46. The molecule has 0 saturated carbocycles. The van der Waals surface area contributed by atoms with E-state index in [0.717, 1.165) is 43.1 Å². The summed E-state index contributed by atoms with van der Waals surface area (Å²) < 4.78 is 0. The van der Waals surface area contributed by atoms with Crippen LogP contribution in [-0.2, 0) is 17.6 Å². The van der Waals surface area contributed by atoms with Crippen LogP contribution >= 0.6 is 11.6 Å². The molecule has 7 nitrogen and oxygen atoms in total. The fourth-order valence-electron chi connectivity index (χ4n) is 4.03. The van der Waals surface area contributed by atoms with Gasteiger partial charge in [0.2, 0.25) is 5.91 Å². The van der Waals surface area contributed by atoms with E-state index in [1.165, 1.54) is 5.56 Å². The van der Waals surface area contributed by atoms with Crippen molar-refractivity contribution in [3.8, 4) is 0 Å². The Hall–Kier alpha value is -2.38. The molecule has 2 aromatic rings. The molecule has 0 aliphatic carbocycles. The Labute approximate surface area is 176 Å². The third-order valence-electron chi connectivity index (χ3n) is 5.71. The number of halogens is 1. The number of anilines is 2. The van der Waals surface area contributed by atoms with Crippen LogP contribution in [0.1, 0.15) is 24.5 Å². The molecule has 2 aliphatic rings. The Morgan fingerprint density at radius 1 is 1.24 bits per heavy atom. The van der Waals surface area contributed by atoms with Gasteiger partial charge in [0.05, 0.1) is 6.04 Å². The number of rotatable bonds is 4. The van der Waals surface area contributed by atoms with Crippen molar-refractivity contribution in [3.63, 3.8) is 0 Å². The minimum atomic E-state index is -0.541. The van der Waals surface area contributed by atoms with Crippen molar-refractivity contribution in [1.29, 1.82) is 0 Å². The summed E-state index contributed by atoms with van der Waals surface area (Å²) in [4.78, 5) is 25.9. The zero-order chi connectivity index (χ0) is 20.4. The van der Waals surface area contributed by atoms with Gasteiger partial charge in [0, 0.05) is 42.8 Å². The number of carbonyl (C=O) groups is 1. The summed E-state index contributed by atoms with van der Waals surface area (Å²) in [6.45, 7) is 4.96. The maximum atomic E-state index is 12.8. The van der Waals surface area contributed by atoms with Gasteiger partial charge in [-0.05, 0) is 43.9 Å². The predicted octanol–water partition coefficient (Wildman–Crippen LogP) is 2.10. The molecule has 0 spiro atoms. The summed E-state index contributed by atoms with van der Waals surface area (Å²) >= 11 is 5.92. The van der Waals surface area contributed by atoms with Crippen LogP contribution in [-0.4, -0.2) is 59.0 Å². The molecule has 1 unspecified atom stereocenters. The molecule has 3 N–H and O–H groups in total. The average Bonchev–Trinajstić information content (AvgIpc) is 2.74. The number of fused-ring (bicyclic) bond motifs is 1. The van der Waals surface area contributed by atoms with E-state index in [4.69, 9.17) is 17.3 Å². The zero-order valence-electron chi connectivity index (χ0n) is 16.6. The van der Waals surface area contributed by atoms with Crippen molar-refractivity contribution < 1.29 is 4.79 Å². The molecule has 2 atom stereocenters. The predicted molar refractivity (Wildman–Crippen MR) is 115 cm³/mol. The van der Waals surface area contributed by atoms with Gasteiger partial charge >= 0.3 is 0 Å². The number of aromatic nitrogens is 2. The van der Waals surface area contributed by atoms with Gasteiger partial charge in [-0.2, -0.15) is 0 Å². The molecule has 1 saturated heterocycles. The number of nitrogens with zero attached hydrogens (tertiary/aromatic N) is 4. The zero-order valence-corrected chi connectivity index (χ0v) is 17.4. The molecular formula is C21H27ClN6O. The smallest absolute Gasteiger partial charge is 0.239 e. The van der Waals surface area contributed by atoms with E-state index >= 15 is 0 Å². The maximum absolute atomic E-state index is 12.8. The Kier molecular flexibility index (Phi) is 5.87. The monoisotopic (exact) mass is 414 g/mol. The van der Waals surface area contributed by atoms with E-state index in [9.17, 15) is 4.79 Å². The number of benzene rings is 1. The van der Waals surface area contributed by atoms with Gasteiger partial charge in [-0.1, -0.05) is 23.7 Å². The van der Waals surface area contributed by atoms with Crippen LogP contribution in [0, 0.1) is 0 Å². The lowest BCUT2D eigenvalue weighted by Crippen LogP contribution is -2.54. The summed E-state index contributed by atoms with van der Waals surface area (Å²) in [5, 5.41) is 4.12. The first kappa shape index (κ1) is 19.9. The molecule has 0 radical (unpaired) electrons. The summed E-state index contributed by atoms with van der Waals surface area (Å²) in [6.07, 6.45) is 4.19. The van der Waals surface area contributed by atoms with Crippen LogP contribution in [0.25, 0.3) is 0 Å². The minimum absolute atomic E-state index is 0.000178. The van der Waals surface area contributed by atoms with Crippen molar-refractivity contribution in [3.05, 3.63) is 46.7 Å². The average molecular weight is 415 g/mol. The SMILES string of the molecule is CC1CCc2c(ncnc2N2CCN(C(=O)[C@@H](N)Cc3ccc(Cl)cc3)CC2)N1. The van der Waals surface area contributed by atoms with Crippen LogP contribution in [0.2, 0.25) is 5.02 Å². The Morgan fingerprint density at radius 2 is 1.97 bits per heavy atom. The minimum Gasteiger partial charge on any atom is -0.367 e. The highest BCUT2D eigenvalue weighted by Crippen LogP contribution is 2.30. The number of carbonyl (C=O) groups excluding carboxylic acids is 1. The molecule has 0 bridgehead atoms. The normalized spacial score (nSPS) is 20.0. The van der Waals surface area contributed by atoms with E-state index in [2.05, 4.69) is 27.1 Å². The first-order chi connectivity index (χ1) is 14.0. The second-order valence-corrected chi connectivity index (χ2v) is 8.29. The summed E-state index contributed by atoms with van der Waals surface area (Å²) in [5.74, 6) is 1.93. The molecule has 1 aromatic carbocycles. The fourth-order valence-corrected chi connectivity index (χ4v) is 4.16. The van der Waals surface area contributed by atoms with Crippen LogP contribution in [0.5, 0.6) is 0 Å². The van der Waals surface area contributed by atoms with E-state index < -0.39 is 6.04 Å². The van der Waals surface area contributed by atoms with Gasteiger partial charge in [-0.3, -0.25) is 4.79 Å². The van der Waals surface area contributed by atoms with Gasteiger partial charge in [0.1, 0.15) is 18.0 Å². The molecule has 3 heterocycles. The number of hydrogen-bond donors (Lipinski definition) is 2. The maximum Gasteiger partial charge on any atom is 0.239 e. The first-order valence-corrected chi connectivity index (χ1v) is 10.5. The Bertz CT molecular complexity index is 866. The second-order valence-electron chi connectivity index (χ2n) is 7.86. The second kappa shape index (κ2) is 8.55. The van der Waals surface area contributed by atoms with Crippen LogP contribution < -0.4 is 16.0 Å². The molecule has 1 fully saturated rings. The van der Waals surface area contributed by atoms with Crippen molar-refractivity contribution in [2.45, 2.75) is 38.3 Å². The highest BCUT2D eigenvalue weighted by molar-refractivity contribution is 6.30. The molecule has 8 heteroatoms. The first-order valence-electron chi connectivity index (χ1n) is 10.2. The standard InChI is InChI=1S/C21H27ClN6O/c1-14-2-7-17-19(26-14)24-13-25-20(17)27-8-10-28(11-9-27)21(29)18(23)12-15-3-5-16(22)6-4-15/h3-6,13-14,18H,2,7-12,23H2,1H3,(H,24,25,26)/t14?,18-/m0/s1. The van der Waals surface area contributed by atoms with E-state index in [1.807, 2.05) is 29.2 Å². The summed E-state index contributed by atoms with van der Waals surface area (Å²) in [6, 6.07) is 7.37. The number of piperazine rings is 1. The summed E-state index contributed by atoms with van der Waals surface area (Å²) in [5.41, 5.74) is 8.40. The molecule has 29 heavy (non-hydrogen) atoms. The highest BCUT2D eigenvalue weighted by atomic mass is 35.5. The quantitative estimate of drug-likeness (QED) is 0.796. The fraction of sp³-hybridized carbons (Fsp3) is 0.476. The van der Waals surface area contributed by atoms with Crippen molar-refractivity contribution in [2.24, 2.45) is 5.73 Å². The van der Waals surface area contributed by atoms with Gasteiger partial charge in [-0.25, -0.2) is 9.97 Å². The molecule has 154 valence electrons. The molecule has 1 aromatic heterocycles. The number of amides is 1. The topological polar surface area (TPSA) is 87.4 Å². The van der Waals surface area contributed by atoms with Crippen molar-refractivity contribution in [1.82, 2.24) is 14.9 Å². The van der Waals surface area contributed by atoms with E-state index in [1.54, 1.807) is 6.33 Å². The Morgan fingerprint density at radius 3 is 2.69 bits per heavy atom. The largest absolute Gasteiger partial charge is 0.367 e. The highest BCUT2D eigenvalue weighted by Gasteiger charge is 2.28. The molecular weight excluding hydrogens is 388 g/mol. The number of nitrogens with two attached hydrogens (primary N) is 1. The molecule has 1 amide bonds. The van der Waals surface area contributed by atoms with Crippen LogP contribution in [0.3, 0.4) is 0 Å². The third-order valence-corrected chi connectivity index (χ3v) is 5.96. The van der Waals surface area contributed by atoms with Gasteiger partial charge < -0.3 is 20.9 Å². The van der Waals surface area contributed by atoms with E-state index in [-0.39, 0.29) is 5.91 Å². The number of nitrogens with one attached hydrogen (secondary N) is 1. The lowest BCUT2D eigenvalue weighted by atomic mass is 10.0. The lowest BCUT2D eigenvalue weighted by molar-refractivity contribution is -0.132. The molecule has 2 aliphatic heterocycles. The molecule has 4 rings (SSSR count). The lowest BCUT2D eigenvalue weighted by Gasteiger charge is -2.38.